The van der Waals surface area contributed by atoms with Crippen molar-refractivity contribution < 1.29 is 9.90 Å². The second-order valence-electron chi connectivity index (χ2n) is 4.15. The van der Waals surface area contributed by atoms with Gasteiger partial charge in [0.05, 0.1) is 11.0 Å². The molecule has 0 spiro atoms. The lowest BCUT2D eigenvalue weighted by Gasteiger charge is -2.05. The summed E-state index contributed by atoms with van der Waals surface area (Å²) in [5.41, 5.74) is 2.13. The Hall–Kier alpha value is -1.84. The minimum absolute atomic E-state index is 0.242. The van der Waals surface area contributed by atoms with Crippen molar-refractivity contribution in [2.24, 2.45) is 0 Å². The van der Waals surface area contributed by atoms with Gasteiger partial charge in [0, 0.05) is 13.0 Å². The summed E-state index contributed by atoms with van der Waals surface area (Å²) >= 11 is 0. The number of benzene rings is 1. The number of fused-ring (bicyclic) bond motifs is 1. The van der Waals surface area contributed by atoms with Crippen LogP contribution in [0.5, 0.6) is 0 Å². The van der Waals surface area contributed by atoms with E-state index in [0.29, 0.717) is 6.42 Å². The second-order valence-corrected chi connectivity index (χ2v) is 4.15. The predicted molar refractivity (Wildman–Crippen MR) is 66.0 cm³/mol. The lowest BCUT2D eigenvalue weighted by Crippen LogP contribution is -2.02. The predicted octanol–water partition coefficient (Wildman–Crippen LogP) is 2.60. The van der Waals surface area contributed by atoms with Crippen molar-refractivity contribution in [3.63, 3.8) is 0 Å². The van der Waals surface area contributed by atoms with Gasteiger partial charge in [0.1, 0.15) is 5.82 Å². The number of aliphatic carboxylic acids is 1. The first-order valence-electron chi connectivity index (χ1n) is 5.82. The number of carboxylic acids is 1. The zero-order valence-electron chi connectivity index (χ0n) is 9.89. The number of carboxylic acid groups (broad SMARTS) is 1. The Balaban J connectivity index is 2.07. The van der Waals surface area contributed by atoms with Gasteiger partial charge in [-0.1, -0.05) is 12.1 Å². The zero-order valence-corrected chi connectivity index (χ0v) is 9.89. The van der Waals surface area contributed by atoms with Crippen molar-refractivity contribution in [3.05, 3.63) is 30.1 Å². The normalized spacial score (nSPS) is 10.9. The molecule has 1 heterocycles. The van der Waals surface area contributed by atoms with Gasteiger partial charge in [-0.25, -0.2) is 4.98 Å². The van der Waals surface area contributed by atoms with Crippen molar-refractivity contribution in [1.29, 1.82) is 0 Å². The number of unbranched alkanes of at least 4 members (excludes halogenated alkanes) is 1. The molecule has 0 saturated carbocycles. The maximum absolute atomic E-state index is 10.4. The van der Waals surface area contributed by atoms with Gasteiger partial charge in [-0.3, -0.25) is 4.79 Å². The van der Waals surface area contributed by atoms with Gasteiger partial charge in [-0.2, -0.15) is 0 Å². The van der Waals surface area contributed by atoms with Crippen LogP contribution in [0.15, 0.2) is 24.3 Å². The highest BCUT2D eigenvalue weighted by Crippen LogP contribution is 2.16. The summed E-state index contributed by atoms with van der Waals surface area (Å²) in [6, 6.07) is 8.02. The molecule has 0 fully saturated rings. The third-order valence-corrected chi connectivity index (χ3v) is 2.87. The summed E-state index contributed by atoms with van der Waals surface area (Å²) in [6.45, 7) is 2.82. The van der Waals surface area contributed by atoms with Crippen molar-refractivity contribution in [2.75, 3.05) is 0 Å². The fourth-order valence-electron chi connectivity index (χ4n) is 2.02. The number of carbonyl (C=O) groups is 1. The Bertz CT molecular complexity index is 531. The van der Waals surface area contributed by atoms with Crippen LogP contribution in [0.4, 0.5) is 0 Å². The van der Waals surface area contributed by atoms with Crippen LogP contribution in [0, 0.1) is 6.92 Å². The second kappa shape index (κ2) is 4.99. The van der Waals surface area contributed by atoms with E-state index in [9.17, 15) is 4.79 Å². The molecule has 0 saturated heterocycles. The highest BCUT2D eigenvalue weighted by molar-refractivity contribution is 5.75. The van der Waals surface area contributed by atoms with E-state index in [2.05, 4.69) is 9.55 Å². The summed E-state index contributed by atoms with van der Waals surface area (Å²) in [5.74, 6) is 0.263. The first-order valence-corrected chi connectivity index (χ1v) is 5.82. The molecule has 0 unspecified atom stereocenters. The molecule has 0 radical (unpaired) electrons. The van der Waals surface area contributed by atoms with Gasteiger partial charge in [-0.05, 0) is 31.9 Å². The van der Waals surface area contributed by atoms with Gasteiger partial charge in [0.2, 0.25) is 0 Å². The zero-order chi connectivity index (χ0) is 12.3. The van der Waals surface area contributed by atoms with Gasteiger partial charge < -0.3 is 9.67 Å². The van der Waals surface area contributed by atoms with E-state index >= 15 is 0 Å². The third kappa shape index (κ3) is 2.64. The van der Waals surface area contributed by atoms with Gasteiger partial charge in [-0.15, -0.1) is 0 Å². The molecule has 2 rings (SSSR count). The third-order valence-electron chi connectivity index (χ3n) is 2.87. The fraction of sp³-hybridized carbons (Fsp3) is 0.385. The molecular weight excluding hydrogens is 216 g/mol. The van der Waals surface area contributed by atoms with Gasteiger partial charge in [0.15, 0.2) is 0 Å². The van der Waals surface area contributed by atoms with Crippen molar-refractivity contribution in [2.45, 2.75) is 32.7 Å². The molecule has 4 heteroatoms. The number of aromatic nitrogens is 2. The Kier molecular flexibility index (Phi) is 3.42. The van der Waals surface area contributed by atoms with Crippen LogP contribution in [-0.2, 0) is 11.3 Å². The van der Waals surface area contributed by atoms with E-state index in [1.54, 1.807) is 0 Å². The average molecular weight is 232 g/mol. The molecule has 0 aliphatic heterocycles. The summed E-state index contributed by atoms with van der Waals surface area (Å²) in [6.07, 6.45) is 1.82. The molecule has 4 nitrogen and oxygen atoms in total. The van der Waals surface area contributed by atoms with E-state index < -0.39 is 5.97 Å². The van der Waals surface area contributed by atoms with Crippen molar-refractivity contribution in [3.8, 4) is 0 Å². The Morgan fingerprint density at radius 2 is 2.12 bits per heavy atom. The molecule has 17 heavy (non-hydrogen) atoms. The van der Waals surface area contributed by atoms with E-state index in [-0.39, 0.29) is 6.42 Å². The first kappa shape index (κ1) is 11.6. The highest BCUT2D eigenvalue weighted by Gasteiger charge is 2.06. The largest absolute Gasteiger partial charge is 0.481 e. The number of imidazole rings is 1. The molecule has 0 aliphatic carbocycles. The van der Waals surface area contributed by atoms with Crippen LogP contribution in [0.25, 0.3) is 11.0 Å². The lowest BCUT2D eigenvalue weighted by molar-refractivity contribution is -0.137. The molecule has 0 amide bonds. The Morgan fingerprint density at radius 1 is 1.35 bits per heavy atom. The van der Waals surface area contributed by atoms with Crippen LogP contribution < -0.4 is 0 Å². The maximum atomic E-state index is 10.4. The van der Waals surface area contributed by atoms with Crippen LogP contribution in [-0.4, -0.2) is 20.6 Å². The molecule has 0 bridgehead atoms. The van der Waals surface area contributed by atoms with Crippen LogP contribution in [0.3, 0.4) is 0 Å². The summed E-state index contributed by atoms with van der Waals surface area (Å²) in [5, 5.41) is 8.58. The molecule has 2 aromatic rings. The summed E-state index contributed by atoms with van der Waals surface area (Å²) < 4.78 is 2.15. The molecule has 1 aromatic carbocycles. The molecule has 1 aromatic heterocycles. The highest BCUT2D eigenvalue weighted by atomic mass is 16.4. The van der Waals surface area contributed by atoms with E-state index in [4.69, 9.17) is 5.11 Å². The number of hydrogen-bond acceptors (Lipinski definition) is 2. The van der Waals surface area contributed by atoms with Crippen LogP contribution in [0.2, 0.25) is 0 Å². The number of nitrogens with zero attached hydrogens (tertiary/aromatic N) is 2. The van der Waals surface area contributed by atoms with Crippen molar-refractivity contribution in [1.82, 2.24) is 9.55 Å². The minimum atomic E-state index is -0.725. The minimum Gasteiger partial charge on any atom is -0.481 e. The molecular formula is C13H16N2O2. The van der Waals surface area contributed by atoms with E-state index in [1.807, 2.05) is 31.2 Å². The number of para-hydroxylation sites is 2. The van der Waals surface area contributed by atoms with E-state index in [1.165, 1.54) is 0 Å². The monoisotopic (exact) mass is 232 g/mol. The number of rotatable bonds is 5. The number of hydrogen-bond donors (Lipinski definition) is 1. The fourth-order valence-corrected chi connectivity index (χ4v) is 2.02. The van der Waals surface area contributed by atoms with Gasteiger partial charge in [0.25, 0.3) is 0 Å². The van der Waals surface area contributed by atoms with Crippen molar-refractivity contribution >= 4 is 17.0 Å². The van der Waals surface area contributed by atoms with Crippen LogP contribution in [0.1, 0.15) is 25.1 Å². The quantitative estimate of drug-likeness (QED) is 0.806. The van der Waals surface area contributed by atoms with E-state index in [0.717, 1.165) is 29.8 Å². The molecule has 1 N–H and O–H groups in total. The van der Waals surface area contributed by atoms with Crippen LogP contribution >= 0.6 is 0 Å². The summed E-state index contributed by atoms with van der Waals surface area (Å²) in [4.78, 5) is 14.9. The SMILES string of the molecule is Cc1nc2ccccc2n1CCCCC(=O)O. The summed E-state index contributed by atoms with van der Waals surface area (Å²) in [7, 11) is 0. The lowest BCUT2D eigenvalue weighted by atomic mass is 10.2. The van der Waals surface area contributed by atoms with Gasteiger partial charge >= 0.3 is 5.97 Å². The average Bonchev–Trinajstić information content (AvgIpc) is 2.60. The topological polar surface area (TPSA) is 55.1 Å². The molecule has 0 atom stereocenters. The first-order chi connectivity index (χ1) is 8.18. The Labute approximate surface area is 99.9 Å². The maximum Gasteiger partial charge on any atom is 0.303 e. The smallest absolute Gasteiger partial charge is 0.303 e. The molecule has 0 aliphatic rings. The Morgan fingerprint density at radius 3 is 2.88 bits per heavy atom. The number of aryl methyl sites for hydroxylation is 2. The molecule has 90 valence electrons. The standard InChI is InChI=1S/C13H16N2O2/c1-10-14-11-6-2-3-7-12(11)15(10)9-5-4-8-13(16)17/h2-3,6-7H,4-5,8-9H2,1H3,(H,16,17).